The summed E-state index contributed by atoms with van der Waals surface area (Å²) in [6.07, 6.45) is 1.27. The molecule has 2 atom stereocenters. The maximum atomic E-state index is 3.71. The largest absolute Gasteiger partial charge is 0.309 e. The van der Waals surface area contributed by atoms with Gasteiger partial charge in [-0.3, -0.25) is 0 Å². The summed E-state index contributed by atoms with van der Waals surface area (Å²) in [6, 6.07) is 5.31. The van der Waals surface area contributed by atoms with E-state index in [9.17, 15) is 0 Å². The number of rotatable bonds is 2. The van der Waals surface area contributed by atoms with E-state index in [-0.39, 0.29) is 0 Å². The minimum atomic E-state index is 0.641. The predicted octanol–water partition coefficient (Wildman–Crippen LogP) is 3.92. The van der Waals surface area contributed by atoms with Gasteiger partial charge in [0.15, 0.2) is 0 Å². The molecule has 0 fully saturated rings. The van der Waals surface area contributed by atoms with Crippen LogP contribution in [0.15, 0.2) is 12.1 Å². The van der Waals surface area contributed by atoms with Gasteiger partial charge in [-0.25, -0.2) is 0 Å². The standard InChI is InChI=1S/C16H25N/c1-10(2)6-15-13(5)16-12(4)7-11(3)8-14(16)9-17-15/h7-8,10,13,15,17H,6,9H2,1-5H3. The third kappa shape index (κ3) is 2.55. The molecule has 17 heavy (non-hydrogen) atoms. The number of hydrogen-bond acceptors (Lipinski definition) is 1. The topological polar surface area (TPSA) is 12.0 Å². The summed E-state index contributed by atoms with van der Waals surface area (Å²) < 4.78 is 0. The van der Waals surface area contributed by atoms with Crippen molar-refractivity contribution in [2.75, 3.05) is 0 Å². The fraction of sp³-hybridized carbons (Fsp3) is 0.625. The highest BCUT2D eigenvalue weighted by molar-refractivity contribution is 5.42. The molecule has 1 N–H and O–H groups in total. The molecule has 0 aromatic heterocycles. The molecule has 2 unspecified atom stereocenters. The van der Waals surface area contributed by atoms with E-state index < -0.39 is 0 Å². The van der Waals surface area contributed by atoms with Crippen molar-refractivity contribution in [3.05, 3.63) is 34.4 Å². The average molecular weight is 231 g/mol. The van der Waals surface area contributed by atoms with E-state index >= 15 is 0 Å². The molecule has 0 amide bonds. The van der Waals surface area contributed by atoms with Crippen molar-refractivity contribution in [1.29, 1.82) is 0 Å². The smallest absolute Gasteiger partial charge is 0.0211 e. The lowest BCUT2D eigenvalue weighted by Gasteiger charge is -2.35. The van der Waals surface area contributed by atoms with Crippen LogP contribution >= 0.6 is 0 Å². The van der Waals surface area contributed by atoms with Crippen LogP contribution in [0.4, 0.5) is 0 Å². The lowest BCUT2D eigenvalue weighted by atomic mass is 9.80. The van der Waals surface area contributed by atoms with E-state index in [1.807, 2.05) is 0 Å². The van der Waals surface area contributed by atoms with Crippen molar-refractivity contribution in [1.82, 2.24) is 5.32 Å². The van der Waals surface area contributed by atoms with E-state index in [0.29, 0.717) is 12.0 Å². The Labute approximate surface area is 106 Å². The van der Waals surface area contributed by atoms with E-state index in [1.165, 1.54) is 23.1 Å². The highest BCUT2D eigenvalue weighted by Crippen LogP contribution is 2.33. The third-order valence-corrected chi connectivity index (χ3v) is 3.96. The highest BCUT2D eigenvalue weighted by atomic mass is 14.9. The maximum Gasteiger partial charge on any atom is 0.0211 e. The van der Waals surface area contributed by atoms with E-state index in [2.05, 4.69) is 52.1 Å². The Morgan fingerprint density at radius 1 is 1.29 bits per heavy atom. The Morgan fingerprint density at radius 2 is 2.00 bits per heavy atom. The van der Waals surface area contributed by atoms with Crippen molar-refractivity contribution in [3.63, 3.8) is 0 Å². The molecular formula is C16H25N. The SMILES string of the molecule is Cc1cc(C)c2c(c1)CNC(CC(C)C)C2C. The first-order valence-corrected chi connectivity index (χ1v) is 6.82. The van der Waals surface area contributed by atoms with Crippen LogP contribution in [0.2, 0.25) is 0 Å². The molecule has 94 valence electrons. The summed E-state index contributed by atoms with van der Waals surface area (Å²) in [7, 11) is 0. The van der Waals surface area contributed by atoms with Gasteiger partial charge >= 0.3 is 0 Å². The number of fused-ring (bicyclic) bond motifs is 1. The van der Waals surface area contributed by atoms with Crippen LogP contribution in [0.5, 0.6) is 0 Å². The zero-order valence-electron chi connectivity index (χ0n) is 11.8. The van der Waals surface area contributed by atoms with E-state index in [1.54, 1.807) is 5.56 Å². The van der Waals surface area contributed by atoms with Crippen molar-refractivity contribution < 1.29 is 0 Å². The van der Waals surface area contributed by atoms with Crippen LogP contribution in [0.1, 0.15) is 55.4 Å². The van der Waals surface area contributed by atoms with Crippen molar-refractivity contribution in [2.24, 2.45) is 5.92 Å². The summed E-state index contributed by atoms with van der Waals surface area (Å²) in [5, 5.41) is 3.71. The van der Waals surface area contributed by atoms with Gasteiger partial charge in [-0.1, -0.05) is 38.5 Å². The quantitative estimate of drug-likeness (QED) is 0.813. The number of nitrogens with one attached hydrogen (secondary N) is 1. The van der Waals surface area contributed by atoms with Gasteiger partial charge in [-0.2, -0.15) is 0 Å². The number of benzene rings is 1. The summed E-state index contributed by atoms with van der Waals surface area (Å²) in [4.78, 5) is 0. The van der Waals surface area contributed by atoms with Crippen LogP contribution in [0.25, 0.3) is 0 Å². The Morgan fingerprint density at radius 3 is 2.65 bits per heavy atom. The molecule has 0 bridgehead atoms. The summed E-state index contributed by atoms with van der Waals surface area (Å²) in [5.41, 5.74) is 5.97. The first-order valence-electron chi connectivity index (χ1n) is 6.82. The molecule has 0 radical (unpaired) electrons. The van der Waals surface area contributed by atoms with Gasteiger partial charge in [-0.05, 0) is 48.8 Å². The minimum absolute atomic E-state index is 0.641. The van der Waals surface area contributed by atoms with Gasteiger partial charge in [0.25, 0.3) is 0 Å². The van der Waals surface area contributed by atoms with Crippen LogP contribution in [0.3, 0.4) is 0 Å². The van der Waals surface area contributed by atoms with Gasteiger partial charge in [0, 0.05) is 12.6 Å². The average Bonchev–Trinajstić information content (AvgIpc) is 2.20. The zero-order chi connectivity index (χ0) is 12.6. The van der Waals surface area contributed by atoms with Crippen molar-refractivity contribution in [2.45, 2.75) is 59.5 Å². The fourth-order valence-corrected chi connectivity index (χ4v) is 3.28. The molecule has 1 aromatic carbocycles. The van der Waals surface area contributed by atoms with Gasteiger partial charge < -0.3 is 5.32 Å². The van der Waals surface area contributed by atoms with Gasteiger partial charge in [-0.15, -0.1) is 0 Å². The lowest BCUT2D eigenvalue weighted by molar-refractivity contribution is 0.354. The molecule has 0 aliphatic carbocycles. The monoisotopic (exact) mass is 231 g/mol. The lowest BCUT2D eigenvalue weighted by Crippen LogP contribution is -2.39. The molecule has 0 spiro atoms. The summed E-state index contributed by atoms with van der Waals surface area (Å²) >= 11 is 0. The molecule has 1 heteroatoms. The molecule has 1 aliphatic heterocycles. The highest BCUT2D eigenvalue weighted by Gasteiger charge is 2.27. The van der Waals surface area contributed by atoms with Crippen LogP contribution in [-0.4, -0.2) is 6.04 Å². The number of aryl methyl sites for hydroxylation is 2. The molecule has 2 rings (SSSR count). The second-order valence-corrected chi connectivity index (χ2v) is 6.06. The maximum absolute atomic E-state index is 3.71. The van der Waals surface area contributed by atoms with Crippen LogP contribution in [0, 0.1) is 19.8 Å². The number of hydrogen-bond donors (Lipinski definition) is 1. The molecule has 1 nitrogen and oxygen atoms in total. The Kier molecular flexibility index (Phi) is 3.58. The van der Waals surface area contributed by atoms with E-state index in [0.717, 1.165) is 12.5 Å². The minimum Gasteiger partial charge on any atom is -0.309 e. The zero-order valence-corrected chi connectivity index (χ0v) is 11.8. The molecule has 1 aromatic rings. The van der Waals surface area contributed by atoms with Crippen molar-refractivity contribution in [3.8, 4) is 0 Å². The normalized spacial score (nSPS) is 23.9. The molecular weight excluding hydrogens is 206 g/mol. The fourth-order valence-electron chi connectivity index (χ4n) is 3.28. The van der Waals surface area contributed by atoms with Gasteiger partial charge in [0.2, 0.25) is 0 Å². The summed E-state index contributed by atoms with van der Waals surface area (Å²) in [5.74, 6) is 1.41. The summed E-state index contributed by atoms with van der Waals surface area (Å²) in [6.45, 7) is 12.5. The first-order chi connectivity index (χ1) is 7.99. The third-order valence-electron chi connectivity index (χ3n) is 3.96. The van der Waals surface area contributed by atoms with Gasteiger partial charge in [0.05, 0.1) is 0 Å². The van der Waals surface area contributed by atoms with Crippen LogP contribution < -0.4 is 5.32 Å². The molecule has 1 aliphatic rings. The predicted molar refractivity (Wildman–Crippen MR) is 74.4 cm³/mol. The van der Waals surface area contributed by atoms with Crippen molar-refractivity contribution >= 4 is 0 Å². The molecule has 0 saturated heterocycles. The molecule has 1 heterocycles. The Bertz CT molecular complexity index is 406. The Balaban J connectivity index is 2.32. The first kappa shape index (κ1) is 12.6. The second-order valence-electron chi connectivity index (χ2n) is 6.06. The van der Waals surface area contributed by atoms with Crippen LogP contribution in [-0.2, 0) is 6.54 Å². The Hall–Kier alpha value is -0.820. The van der Waals surface area contributed by atoms with E-state index in [4.69, 9.17) is 0 Å². The molecule has 0 saturated carbocycles. The van der Waals surface area contributed by atoms with Gasteiger partial charge in [0.1, 0.15) is 0 Å². The second kappa shape index (κ2) is 4.81.